The van der Waals surface area contributed by atoms with Crippen molar-refractivity contribution < 1.29 is 9.47 Å². The maximum Gasteiger partial charge on any atom is 0.195 e. The topological polar surface area (TPSA) is 52.4 Å². The molecule has 6 nitrogen and oxygen atoms in total. The fraction of sp³-hybridized carbons (Fsp3) is 0.481. The Balaban J connectivity index is 1.33. The van der Waals surface area contributed by atoms with Gasteiger partial charge in [-0.05, 0) is 63.4 Å². The second-order valence-electron chi connectivity index (χ2n) is 9.36. The zero-order chi connectivity index (χ0) is 23.3. The number of hydrogen-bond donors (Lipinski definition) is 0. The van der Waals surface area contributed by atoms with Crippen LogP contribution in [0.25, 0.3) is 5.69 Å². The van der Waals surface area contributed by atoms with Gasteiger partial charge in [-0.15, -0.1) is 10.2 Å². The van der Waals surface area contributed by atoms with Gasteiger partial charge in [0.2, 0.25) is 0 Å². The van der Waals surface area contributed by atoms with E-state index in [1.807, 2.05) is 12.1 Å². The molecule has 0 radical (unpaired) electrons. The summed E-state index contributed by atoms with van der Waals surface area (Å²) in [6, 6.07) is 17.1. The highest BCUT2D eigenvalue weighted by Gasteiger charge is 2.28. The molecule has 0 bridgehead atoms. The molecule has 1 aromatic heterocycles. The van der Waals surface area contributed by atoms with Gasteiger partial charge >= 0.3 is 0 Å². The molecule has 0 N–H and O–H groups in total. The first kappa shape index (κ1) is 23.4. The number of piperidine rings is 1. The van der Waals surface area contributed by atoms with E-state index in [9.17, 15) is 0 Å². The van der Waals surface area contributed by atoms with Crippen LogP contribution < -0.4 is 4.74 Å². The normalized spacial score (nSPS) is 19.5. The van der Waals surface area contributed by atoms with Crippen LogP contribution in [0.5, 0.6) is 5.75 Å². The molecular formula is C27H34N4O2S. The number of methoxy groups -OCH3 is 1. The van der Waals surface area contributed by atoms with Gasteiger partial charge in [-0.1, -0.05) is 47.7 Å². The predicted octanol–water partition coefficient (Wildman–Crippen LogP) is 5.24. The Morgan fingerprint density at radius 2 is 1.91 bits per heavy atom. The Hall–Kier alpha value is -2.35. The van der Waals surface area contributed by atoms with Crippen LogP contribution in [-0.2, 0) is 11.3 Å². The molecule has 1 atom stereocenters. The number of ether oxygens (including phenoxy) is 2. The molecule has 2 fully saturated rings. The second kappa shape index (κ2) is 10.9. The third-order valence-corrected chi connectivity index (χ3v) is 7.89. The molecule has 0 aliphatic carbocycles. The van der Waals surface area contributed by atoms with Crippen molar-refractivity contribution >= 4 is 11.8 Å². The minimum absolute atomic E-state index is 0.314. The van der Waals surface area contributed by atoms with E-state index in [-0.39, 0.29) is 0 Å². The van der Waals surface area contributed by atoms with Crippen molar-refractivity contribution in [2.24, 2.45) is 0 Å². The van der Waals surface area contributed by atoms with Crippen LogP contribution >= 0.6 is 11.8 Å². The Bertz CT molecular complexity index is 1090. The van der Waals surface area contributed by atoms with Gasteiger partial charge in [-0.3, -0.25) is 9.47 Å². The van der Waals surface area contributed by atoms with Crippen molar-refractivity contribution in [3.8, 4) is 11.4 Å². The van der Waals surface area contributed by atoms with Gasteiger partial charge in [0.05, 0.1) is 18.9 Å². The molecule has 7 heteroatoms. The molecule has 3 heterocycles. The zero-order valence-corrected chi connectivity index (χ0v) is 21.0. The molecule has 3 aromatic rings. The monoisotopic (exact) mass is 478 g/mol. The van der Waals surface area contributed by atoms with Crippen LogP contribution in [0, 0.1) is 6.92 Å². The van der Waals surface area contributed by atoms with Gasteiger partial charge < -0.3 is 9.47 Å². The number of thioether (sulfide) groups is 1. The first-order valence-electron chi connectivity index (χ1n) is 12.3. The number of benzene rings is 2. The van der Waals surface area contributed by atoms with Gasteiger partial charge in [-0.2, -0.15) is 0 Å². The quantitative estimate of drug-likeness (QED) is 0.413. The molecule has 0 spiro atoms. The molecule has 34 heavy (non-hydrogen) atoms. The summed E-state index contributed by atoms with van der Waals surface area (Å²) in [4.78, 5) is 2.56. The Morgan fingerprint density at radius 1 is 1.06 bits per heavy atom. The maximum absolute atomic E-state index is 5.84. The van der Waals surface area contributed by atoms with E-state index in [2.05, 4.69) is 57.9 Å². The maximum atomic E-state index is 5.84. The summed E-state index contributed by atoms with van der Waals surface area (Å²) in [5.41, 5.74) is 3.79. The lowest BCUT2D eigenvalue weighted by atomic mass is 9.95. The number of rotatable bonds is 8. The van der Waals surface area contributed by atoms with E-state index in [1.165, 1.54) is 11.1 Å². The number of hydrogen-bond acceptors (Lipinski definition) is 6. The number of nitrogens with zero attached hydrogens (tertiary/aromatic N) is 4. The van der Waals surface area contributed by atoms with Crippen molar-refractivity contribution in [1.29, 1.82) is 0 Å². The van der Waals surface area contributed by atoms with Gasteiger partial charge in [0.15, 0.2) is 5.16 Å². The molecule has 0 amide bonds. The average molecular weight is 479 g/mol. The first-order valence-corrected chi connectivity index (χ1v) is 13.3. The molecule has 180 valence electrons. The third kappa shape index (κ3) is 5.48. The van der Waals surface area contributed by atoms with Gasteiger partial charge in [0.1, 0.15) is 11.6 Å². The van der Waals surface area contributed by atoms with Crippen molar-refractivity contribution in [2.75, 3.05) is 32.6 Å². The van der Waals surface area contributed by atoms with Crippen molar-refractivity contribution in [2.45, 2.75) is 56.3 Å². The molecule has 2 saturated heterocycles. The summed E-state index contributed by atoms with van der Waals surface area (Å²) in [5, 5.41) is 10.3. The summed E-state index contributed by atoms with van der Waals surface area (Å²) < 4.78 is 13.6. The number of likely N-dealkylation sites (tertiary alicyclic amines) is 1. The minimum Gasteiger partial charge on any atom is -0.497 e. The highest BCUT2D eigenvalue weighted by molar-refractivity contribution is 7.99. The van der Waals surface area contributed by atoms with E-state index in [4.69, 9.17) is 14.6 Å². The fourth-order valence-electron chi connectivity index (χ4n) is 4.99. The summed E-state index contributed by atoms with van der Waals surface area (Å²) in [5.74, 6) is 3.22. The number of aromatic nitrogens is 3. The highest BCUT2D eigenvalue weighted by atomic mass is 32.2. The SMILES string of the molecule is COc1cccc(-n2c(SCC3CCCO3)nnc2C2CCN(Cc3cccc(C)c3)CC2)c1. The summed E-state index contributed by atoms with van der Waals surface area (Å²) in [6.45, 7) is 6.19. The smallest absolute Gasteiger partial charge is 0.195 e. The average Bonchev–Trinajstić information content (AvgIpc) is 3.53. The van der Waals surface area contributed by atoms with E-state index in [0.29, 0.717) is 12.0 Å². The number of aryl methyl sites for hydroxylation is 1. The molecule has 5 rings (SSSR count). The van der Waals surface area contributed by atoms with Crippen LogP contribution in [0.15, 0.2) is 53.7 Å². The van der Waals surface area contributed by atoms with Gasteiger partial charge in [0.25, 0.3) is 0 Å². The largest absolute Gasteiger partial charge is 0.497 e. The lowest BCUT2D eigenvalue weighted by Crippen LogP contribution is -2.33. The van der Waals surface area contributed by atoms with Crippen LogP contribution in [0.3, 0.4) is 0 Å². The van der Waals surface area contributed by atoms with Crippen LogP contribution in [-0.4, -0.2) is 58.3 Å². The van der Waals surface area contributed by atoms with Gasteiger partial charge in [0, 0.05) is 30.9 Å². The van der Waals surface area contributed by atoms with E-state index in [1.54, 1.807) is 18.9 Å². The van der Waals surface area contributed by atoms with Crippen LogP contribution in [0.1, 0.15) is 48.6 Å². The highest BCUT2D eigenvalue weighted by Crippen LogP contribution is 2.34. The van der Waals surface area contributed by atoms with Crippen molar-refractivity contribution in [3.05, 3.63) is 65.5 Å². The van der Waals surface area contributed by atoms with E-state index in [0.717, 1.165) is 80.1 Å². The lowest BCUT2D eigenvalue weighted by Gasteiger charge is -2.31. The van der Waals surface area contributed by atoms with Crippen molar-refractivity contribution in [1.82, 2.24) is 19.7 Å². The minimum atomic E-state index is 0.314. The summed E-state index contributed by atoms with van der Waals surface area (Å²) >= 11 is 1.75. The van der Waals surface area contributed by atoms with Crippen LogP contribution in [0.2, 0.25) is 0 Å². The molecule has 2 aromatic carbocycles. The molecule has 2 aliphatic heterocycles. The third-order valence-electron chi connectivity index (χ3n) is 6.83. The molecule has 2 aliphatic rings. The summed E-state index contributed by atoms with van der Waals surface area (Å²) in [6.07, 6.45) is 4.77. The second-order valence-corrected chi connectivity index (χ2v) is 10.4. The van der Waals surface area contributed by atoms with E-state index < -0.39 is 0 Å². The summed E-state index contributed by atoms with van der Waals surface area (Å²) in [7, 11) is 1.71. The molecular weight excluding hydrogens is 444 g/mol. The Morgan fingerprint density at radius 3 is 2.68 bits per heavy atom. The Labute approximate surface area is 206 Å². The van der Waals surface area contributed by atoms with E-state index >= 15 is 0 Å². The molecule has 1 unspecified atom stereocenters. The van der Waals surface area contributed by atoms with Gasteiger partial charge in [-0.25, -0.2) is 0 Å². The molecule has 0 saturated carbocycles. The van der Waals surface area contributed by atoms with Crippen LogP contribution in [0.4, 0.5) is 0 Å². The zero-order valence-electron chi connectivity index (χ0n) is 20.2. The lowest BCUT2D eigenvalue weighted by molar-refractivity contribution is 0.129. The predicted molar refractivity (Wildman–Crippen MR) is 136 cm³/mol. The van der Waals surface area contributed by atoms with Crippen molar-refractivity contribution in [3.63, 3.8) is 0 Å². The first-order chi connectivity index (χ1) is 16.7. The standard InChI is InChI=1S/C27H34N4O2S/c1-20-6-3-7-21(16-20)18-30-13-11-22(12-14-30)26-28-29-27(34-19-25-10-5-15-33-25)31(26)23-8-4-9-24(17-23)32-2/h3-4,6-9,16-17,22,25H,5,10-15,18-19H2,1-2H3. The Kier molecular flexibility index (Phi) is 7.52. The fourth-order valence-corrected chi connectivity index (χ4v) is 6.02.